The van der Waals surface area contributed by atoms with Crippen LogP contribution in [0, 0.1) is 57.2 Å². The lowest BCUT2D eigenvalue weighted by Crippen LogP contribution is -2.25. The molecule has 6 nitrogen and oxygen atoms in total. The van der Waals surface area contributed by atoms with Crippen LogP contribution in [0.5, 0.6) is 11.5 Å². The van der Waals surface area contributed by atoms with Crippen molar-refractivity contribution in [1.29, 1.82) is 21.0 Å². The van der Waals surface area contributed by atoms with Gasteiger partial charge < -0.3 is 9.47 Å². The van der Waals surface area contributed by atoms with E-state index in [1.807, 2.05) is 57.5 Å². The molecule has 1 aromatic carbocycles. The molecule has 6 aromatic heterocycles. The van der Waals surface area contributed by atoms with Crippen molar-refractivity contribution in [2.45, 2.75) is 246 Å². The van der Waals surface area contributed by atoms with Gasteiger partial charge in [-0.25, -0.2) is 0 Å². The predicted octanol–water partition coefficient (Wildman–Crippen LogP) is 26.2. The maximum absolute atomic E-state index is 9.90. The van der Waals surface area contributed by atoms with E-state index in [1.165, 1.54) is 199 Å². The van der Waals surface area contributed by atoms with Gasteiger partial charge in [-0.3, -0.25) is 0 Å². The van der Waals surface area contributed by atoms with E-state index >= 15 is 0 Å². The Bertz CT molecular complexity index is 3360. The van der Waals surface area contributed by atoms with E-state index in [2.05, 4.69) is 116 Å². The molecule has 2 aliphatic carbocycles. The van der Waals surface area contributed by atoms with Crippen molar-refractivity contribution in [3.8, 4) is 74.8 Å². The van der Waals surface area contributed by atoms with Crippen molar-refractivity contribution in [3.05, 3.63) is 79.6 Å². The number of hydrogen-bond acceptors (Lipinski definition) is 12. The molecule has 88 heavy (non-hydrogen) atoms. The Kier molecular flexibility index (Phi) is 24.7. The lowest BCUT2D eigenvalue weighted by atomic mass is 9.71. The van der Waals surface area contributed by atoms with Crippen molar-refractivity contribution in [2.75, 3.05) is 13.2 Å². The monoisotopic (exact) mass is 1290 g/mol. The Balaban J connectivity index is 1.25. The van der Waals surface area contributed by atoms with Crippen LogP contribution in [0.25, 0.3) is 71.3 Å². The summed E-state index contributed by atoms with van der Waals surface area (Å²) in [7, 11) is 0. The van der Waals surface area contributed by atoms with E-state index in [1.54, 1.807) is 22.7 Å². The zero-order valence-electron chi connectivity index (χ0n) is 54.0. The second kappa shape index (κ2) is 32.3. The Morgan fingerprint density at radius 3 is 1.03 bits per heavy atom. The van der Waals surface area contributed by atoms with Crippen LogP contribution in [0.1, 0.15) is 267 Å². The molecule has 9 rings (SSSR count). The number of nitrogens with zero attached hydrogens (tertiary/aromatic N) is 4. The van der Waals surface area contributed by atoms with Crippen molar-refractivity contribution in [3.63, 3.8) is 0 Å². The molecule has 0 saturated carbocycles. The van der Waals surface area contributed by atoms with Crippen molar-refractivity contribution in [2.24, 2.45) is 11.8 Å². The fraction of sp³-hybridized carbons (Fsp3) is 0.553. The SMILES string of the molecule is CCCCCCC1(CCCCCC)c2cc(C=C(C#N)C#N)sc2-c2sc(-c3cc4c(OCC(CC)CCCC)c5sc(-c6cc7c(s6)-c6sc(C=C(C#N)C#N)cc6C7(CCCCCC)CCCCCC)cc5c(OCC(CC)CCCC)c4s3)cc21. The Morgan fingerprint density at radius 1 is 0.398 bits per heavy atom. The van der Waals surface area contributed by atoms with Gasteiger partial charge in [0.05, 0.1) is 22.6 Å². The molecule has 0 radical (unpaired) electrons. The molecule has 0 spiro atoms. The van der Waals surface area contributed by atoms with Gasteiger partial charge in [-0.15, -0.1) is 68.0 Å². The molecule has 0 N–H and O–H groups in total. The number of benzene rings is 1. The van der Waals surface area contributed by atoms with Gasteiger partial charge >= 0.3 is 0 Å². The van der Waals surface area contributed by atoms with E-state index in [9.17, 15) is 21.0 Å². The molecular formula is C76H94N4O2S6. The van der Waals surface area contributed by atoms with Crippen LogP contribution in [0.4, 0.5) is 0 Å². The smallest absolute Gasteiger partial charge is 0.146 e. The molecule has 6 heterocycles. The summed E-state index contributed by atoms with van der Waals surface area (Å²) in [4.78, 5) is 12.4. The van der Waals surface area contributed by atoms with Crippen LogP contribution in [0.2, 0.25) is 0 Å². The van der Waals surface area contributed by atoms with Crippen LogP contribution in [-0.2, 0) is 10.8 Å². The fourth-order valence-corrected chi connectivity index (χ4v) is 21.7. The maximum Gasteiger partial charge on any atom is 0.146 e. The summed E-state index contributed by atoms with van der Waals surface area (Å²) in [6.45, 7) is 19.8. The second-order valence-corrected chi connectivity index (χ2v) is 31.7. The first kappa shape index (κ1) is 67.4. The minimum atomic E-state index is -0.128. The molecule has 0 bridgehead atoms. The summed E-state index contributed by atoms with van der Waals surface area (Å²) in [5.74, 6) is 2.88. The van der Waals surface area contributed by atoms with E-state index in [0.717, 1.165) is 83.4 Å². The van der Waals surface area contributed by atoms with Gasteiger partial charge in [-0.05, 0) is 121 Å². The molecule has 12 heteroatoms. The van der Waals surface area contributed by atoms with Crippen LogP contribution < -0.4 is 9.47 Å². The molecule has 0 fully saturated rings. The number of hydrogen-bond donors (Lipinski definition) is 0. The first-order valence-electron chi connectivity index (χ1n) is 34.0. The number of nitriles is 4. The number of unbranched alkanes of at least 4 members (excludes halogenated alkanes) is 14. The van der Waals surface area contributed by atoms with Crippen molar-refractivity contribution in [1.82, 2.24) is 0 Å². The highest BCUT2D eigenvalue weighted by atomic mass is 32.1. The largest absolute Gasteiger partial charge is 0.491 e. The molecule has 466 valence electrons. The molecule has 2 aliphatic rings. The molecule has 0 amide bonds. The van der Waals surface area contributed by atoms with Crippen LogP contribution in [0.3, 0.4) is 0 Å². The summed E-state index contributed by atoms with van der Waals surface area (Å²) >= 11 is 11.2. The Labute approximate surface area is 552 Å². The first-order chi connectivity index (χ1) is 43.1. The van der Waals surface area contributed by atoms with Crippen molar-refractivity contribution < 1.29 is 9.47 Å². The maximum atomic E-state index is 9.90. The highest BCUT2D eigenvalue weighted by molar-refractivity contribution is 7.30. The average molecular weight is 1290 g/mol. The minimum Gasteiger partial charge on any atom is -0.491 e. The lowest BCUT2D eigenvalue weighted by molar-refractivity contribution is 0.235. The van der Waals surface area contributed by atoms with Gasteiger partial charge in [0, 0.05) is 70.4 Å². The molecule has 2 unspecified atom stereocenters. The average Bonchev–Trinajstić information content (AvgIpc) is 1.67. The van der Waals surface area contributed by atoms with E-state index in [4.69, 9.17) is 9.47 Å². The molecule has 2 atom stereocenters. The summed E-state index contributed by atoms with van der Waals surface area (Å²) < 4.78 is 17.2. The summed E-state index contributed by atoms with van der Waals surface area (Å²) in [6.07, 6.45) is 36.4. The second-order valence-electron chi connectivity index (χ2n) is 25.3. The van der Waals surface area contributed by atoms with Crippen LogP contribution in [0.15, 0.2) is 47.5 Å². The first-order valence-corrected chi connectivity index (χ1v) is 38.9. The van der Waals surface area contributed by atoms with Gasteiger partial charge in [-0.2, -0.15) is 21.0 Å². The van der Waals surface area contributed by atoms with E-state index in [-0.39, 0.29) is 22.0 Å². The third kappa shape index (κ3) is 14.5. The van der Waals surface area contributed by atoms with E-state index < -0.39 is 0 Å². The summed E-state index contributed by atoms with van der Waals surface area (Å²) in [5, 5.41) is 41.9. The molecule has 7 aromatic rings. The highest BCUT2D eigenvalue weighted by Crippen LogP contribution is 2.64. The fourth-order valence-electron chi connectivity index (χ4n) is 14.0. The number of rotatable bonds is 38. The Morgan fingerprint density at radius 2 is 0.716 bits per heavy atom. The zero-order chi connectivity index (χ0) is 62.2. The standard InChI is InChI=1S/C76H94N4O2S6/c1-9-17-23-27-33-75(34-28-24-18-10-2)59-39-55(37-53(45-77)46-78)83-71(59)73-61(75)43-65(87-73)63-41-57-67(81-49-51(15-7)31-21-13-5)70-58(68(69(57)85-63)82-50-52(16-8)32-22-14-6)42-64(86-70)66-44-62-74(88-66)72-60(40-56(84-72)38-54(47-79)48-80)76(62,35-29-25-19-11-3)36-30-26-20-12-4/h37-44,51-52H,9-36,49-50H2,1-8H3. The zero-order valence-corrected chi connectivity index (χ0v) is 58.9. The number of allylic oxidation sites excluding steroid dienone is 2. The minimum absolute atomic E-state index is 0.128. The Hall–Kier alpha value is -5.02. The highest BCUT2D eigenvalue weighted by Gasteiger charge is 2.47. The molecule has 0 aliphatic heterocycles. The van der Waals surface area contributed by atoms with Gasteiger partial charge in [0.1, 0.15) is 46.9 Å². The quantitative estimate of drug-likeness (QED) is 0.0281. The third-order valence-corrected chi connectivity index (χ3v) is 26.6. The summed E-state index contributed by atoms with van der Waals surface area (Å²) in [5.41, 5.74) is 5.81. The van der Waals surface area contributed by atoms with Gasteiger partial charge in [0.2, 0.25) is 0 Å². The number of fused-ring (bicyclic) bond motifs is 8. The van der Waals surface area contributed by atoms with Crippen LogP contribution in [-0.4, -0.2) is 13.2 Å². The normalized spacial score (nSPS) is 14.0. The van der Waals surface area contributed by atoms with Crippen LogP contribution >= 0.6 is 68.0 Å². The lowest BCUT2D eigenvalue weighted by Gasteiger charge is -2.31. The van der Waals surface area contributed by atoms with Gasteiger partial charge in [-0.1, -0.05) is 197 Å². The molecule has 0 saturated heterocycles. The topological polar surface area (TPSA) is 114 Å². The summed E-state index contributed by atoms with van der Waals surface area (Å²) in [6, 6.07) is 23.3. The number of thiophene rings is 6. The van der Waals surface area contributed by atoms with Crippen molar-refractivity contribution >= 4 is 100 Å². The van der Waals surface area contributed by atoms with Gasteiger partial charge in [0.15, 0.2) is 0 Å². The molecular weight excluding hydrogens is 1190 g/mol. The number of ether oxygens (including phenoxy) is 2. The van der Waals surface area contributed by atoms with E-state index in [0.29, 0.717) is 25.0 Å². The predicted molar refractivity (Wildman–Crippen MR) is 383 cm³/mol. The third-order valence-electron chi connectivity index (χ3n) is 19.2. The van der Waals surface area contributed by atoms with Gasteiger partial charge in [0.25, 0.3) is 0 Å².